The van der Waals surface area contributed by atoms with Gasteiger partial charge in [-0.25, -0.2) is 4.79 Å². The number of amides is 2. The average molecular weight is 350 g/mol. The topological polar surface area (TPSA) is 186 Å². The number of carbonyl (C=O) groups excluding carboxylic acids is 2. The number of carboxylic acid groups (broad SMARTS) is 1. The van der Waals surface area contributed by atoms with Crippen LogP contribution in [0.25, 0.3) is 0 Å². The van der Waals surface area contributed by atoms with Crippen molar-refractivity contribution in [2.75, 3.05) is 6.61 Å². The van der Waals surface area contributed by atoms with Crippen LogP contribution in [0.1, 0.15) is 20.3 Å². The van der Waals surface area contributed by atoms with E-state index in [1.54, 1.807) is 0 Å². The molecule has 11 nitrogen and oxygen atoms in total. The normalized spacial score (nSPS) is 32.5. The van der Waals surface area contributed by atoms with Crippen LogP contribution in [0, 0.1) is 0 Å². The van der Waals surface area contributed by atoms with Crippen LogP contribution in [0.4, 0.5) is 0 Å². The van der Waals surface area contributed by atoms with Gasteiger partial charge in [-0.05, 0) is 0 Å². The summed E-state index contributed by atoms with van der Waals surface area (Å²) in [6.07, 6.45) is -5.77. The van der Waals surface area contributed by atoms with Gasteiger partial charge in [-0.2, -0.15) is 0 Å². The molecule has 2 amide bonds. The van der Waals surface area contributed by atoms with E-state index in [1.807, 2.05) is 0 Å². The third-order valence-electron chi connectivity index (χ3n) is 3.63. The molecule has 0 aliphatic carbocycles. The molecule has 6 atom stereocenters. The lowest BCUT2D eigenvalue weighted by molar-refractivity contribution is -0.283. The predicted molar refractivity (Wildman–Crippen MR) is 76.4 cm³/mol. The maximum Gasteiger partial charge on any atom is 0.364 e. The van der Waals surface area contributed by atoms with Gasteiger partial charge in [0.15, 0.2) is 0 Å². The number of aliphatic carboxylic acids is 1. The third-order valence-corrected chi connectivity index (χ3v) is 3.63. The van der Waals surface area contributed by atoms with Gasteiger partial charge in [-0.1, -0.05) is 0 Å². The summed E-state index contributed by atoms with van der Waals surface area (Å²) in [5, 5.41) is 52.7. The van der Waals surface area contributed by atoms with Gasteiger partial charge in [0, 0.05) is 20.3 Å². The summed E-state index contributed by atoms with van der Waals surface area (Å²) in [7, 11) is 0. The maximum atomic E-state index is 11.4. The Morgan fingerprint density at radius 2 is 1.75 bits per heavy atom. The molecule has 1 aliphatic rings. The summed E-state index contributed by atoms with van der Waals surface area (Å²) in [5.74, 6) is -5.67. The number of ether oxygens (including phenoxy) is 1. The molecule has 138 valence electrons. The lowest BCUT2D eigenvalue weighted by Gasteiger charge is -2.46. The molecule has 0 saturated carbocycles. The van der Waals surface area contributed by atoms with Crippen LogP contribution in [0.15, 0.2) is 0 Å². The van der Waals surface area contributed by atoms with E-state index in [0.29, 0.717) is 0 Å². The molecule has 0 spiro atoms. The molecular formula is C13H22N2O9. The first-order chi connectivity index (χ1) is 11.0. The molecule has 1 aliphatic heterocycles. The van der Waals surface area contributed by atoms with Gasteiger partial charge in [0.25, 0.3) is 5.79 Å². The van der Waals surface area contributed by atoms with Crippen molar-refractivity contribution in [3.05, 3.63) is 0 Å². The summed E-state index contributed by atoms with van der Waals surface area (Å²) < 4.78 is 5.01. The van der Waals surface area contributed by atoms with Crippen LogP contribution in [-0.4, -0.2) is 86.1 Å². The average Bonchev–Trinajstić information content (AvgIpc) is 2.47. The van der Waals surface area contributed by atoms with E-state index in [2.05, 4.69) is 10.6 Å². The monoisotopic (exact) mass is 350 g/mol. The second-order valence-electron chi connectivity index (χ2n) is 5.65. The molecule has 0 aromatic carbocycles. The van der Waals surface area contributed by atoms with Crippen molar-refractivity contribution in [2.45, 2.75) is 56.5 Å². The Labute approximate surface area is 137 Å². The smallest absolute Gasteiger partial charge is 0.364 e. The molecule has 1 saturated heterocycles. The van der Waals surface area contributed by atoms with Gasteiger partial charge in [-0.15, -0.1) is 0 Å². The third kappa shape index (κ3) is 4.61. The summed E-state index contributed by atoms with van der Waals surface area (Å²) in [5.41, 5.74) is 0. The number of hydrogen-bond donors (Lipinski definition) is 7. The summed E-state index contributed by atoms with van der Waals surface area (Å²) in [4.78, 5) is 34.0. The van der Waals surface area contributed by atoms with E-state index in [0.717, 1.165) is 13.8 Å². The van der Waals surface area contributed by atoms with Gasteiger partial charge in [0.2, 0.25) is 11.8 Å². The first-order valence-electron chi connectivity index (χ1n) is 7.16. The minimum Gasteiger partial charge on any atom is -0.477 e. The zero-order chi connectivity index (χ0) is 18.7. The minimum absolute atomic E-state index is 0.569. The SMILES string of the molecule is CC(=O)N[C@H]1[C@H]([C@H](O)[C@H](O)CO)OC(O)(C(=O)O)C[C@@H]1NC(C)=O. The van der Waals surface area contributed by atoms with Crippen molar-refractivity contribution in [1.29, 1.82) is 0 Å². The highest BCUT2D eigenvalue weighted by molar-refractivity contribution is 5.77. The van der Waals surface area contributed by atoms with Crippen LogP contribution in [0.2, 0.25) is 0 Å². The summed E-state index contributed by atoms with van der Waals surface area (Å²) in [6.45, 7) is 1.42. The van der Waals surface area contributed by atoms with Crippen LogP contribution in [0.5, 0.6) is 0 Å². The first-order valence-corrected chi connectivity index (χ1v) is 7.16. The lowest BCUT2D eigenvalue weighted by Crippen LogP contribution is -2.70. The van der Waals surface area contributed by atoms with Crippen LogP contribution in [-0.2, 0) is 19.1 Å². The molecule has 0 aromatic heterocycles. The largest absolute Gasteiger partial charge is 0.477 e. The Morgan fingerprint density at radius 1 is 1.21 bits per heavy atom. The van der Waals surface area contributed by atoms with E-state index in [-0.39, 0.29) is 0 Å². The molecule has 1 fully saturated rings. The van der Waals surface area contributed by atoms with E-state index < -0.39 is 67.0 Å². The van der Waals surface area contributed by atoms with Crippen molar-refractivity contribution in [1.82, 2.24) is 10.6 Å². The highest BCUT2D eigenvalue weighted by atomic mass is 16.7. The molecule has 0 aromatic rings. The summed E-state index contributed by atoms with van der Waals surface area (Å²) in [6, 6.07) is -2.26. The Hall–Kier alpha value is -1.79. The fourth-order valence-corrected chi connectivity index (χ4v) is 2.57. The number of carboxylic acids is 1. The van der Waals surface area contributed by atoms with E-state index in [9.17, 15) is 29.7 Å². The molecule has 0 bridgehead atoms. The number of rotatable bonds is 6. The first kappa shape index (κ1) is 20.3. The van der Waals surface area contributed by atoms with Crippen LogP contribution >= 0.6 is 0 Å². The van der Waals surface area contributed by atoms with Crippen molar-refractivity contribution >= 4 is 17.8 Å². The number of aliphatic hydroxyl groups excluding tert-OH is 3. The Kier molecular flexibility index (Phi) is 6.63. The molecule has 7 N–H and O–H groups in total. The van der Waals surface area contributed by atoms with Crippen molar-refractivity contribution < 1.29 is 44.7 Å². The van der Waals surface area contributed by atoms with Crippen molar-refractivity contribution in [2.24, 2.45) is 0 Å². The van der Waals surface area contributed by atoms with Crippen LogP contribution < -0.4 is 10.6 Å². The van der Waals surface area contributed by atoms with Gasteiger partial charge in [-0.3, -0.25) is 9.59 Å². The predicted octanol–water partition coefficient (Wildman–Crippen LogP) is -3.73. The Balaban J connectivity index is 3.25. The van der Waals surface area contributed by atoms with Gasteiger partial charge in [0.1, 0.15) is 18.3 Å². The highest BCUT2D eigenvalue weighted by Crippen LogP contribution is 2.30. The Bertz CT molecular complexity index is 500. The lowest BCUT2D eigenvalue weighted by atomic mass is 9.86. The number of hydrogen-bond acceptors (Lipinski definition) is 8. The standard InChI is InChI=1S/C13H22N2O9/c1-5(17)14-7-3-13(23,12(21)22)24-11(9(7)15-6(2)18)10(20)8(19)4-16/h7-11,16,19-20,23H,3-4H2,1-2H3,(H,14,17)(H,15,18)(H,21,22)/t7-,8+,9+,10+,11+,13?/m0/s1. The quantitative estimate of drug-likeness (QED) is 0.253. The molecule has 0 radical (unpaired) electrons. The molecule has 1 heterocycles. The van der Waals surface area contributed by atoms with Gasteiger partial charge in [0.05, 0.1) is 18.7 Å². The van der Waals surface area contributed by atoms with Crippen molar-refractivity contribution in [3.63, 3.8) is 0 Å². The zero-order valence-electron chi connectivity index (χ0n) is 13.2. The fourth-order valence-electron chi connectivity index (χ4n) is 2.57. The number of aliphatic hydroxyl groups is 4. The Morgan fingerprint density at radius 3 is 2.17 bits per heavy atom. The highest BCUT2D eigenvalue weighted by Gasteiger charge is 2.54. The number of carbonyl (C=O) groups is 3. The maximum absolute atomic E-state index is 11.4. The fraction of sp³-hybridized carbons (Fsp3) is 0.769. The van der Waals surface area contributed by atoms with Gasteiger partial charge < -0.3 is 40.9 Å². The van der Waals surface area contributed by atoms with Gasteiger partial charge >= 0.3 is 5.97 Å². The van der Waals surface area contributed by atoms with E-state index >= 15 is 0 Å². The summed E-state index contributed by atoms with van der Waals surface area (Å²) >= 11 is 0. The molecule has 11 heteroatoms. The minimum atomic E-state index is -2.76. The van der Waals surface area contributed by atoms with Crippen LogP contribution in [0.3, 0.4) is 0 Å². The van der Waals surface area contributed by atoms with E-state index in [1.165, 1.54) is 0 Å². The molecule has 1 unspecified atom stereocenters. The van der Waals surface area contributed by atoms with Crippen molar-refractivity contribution in [3.8, 4) is 0 Å². The second-order valence-corrected chi connectivity index (χ2v) is 5.65. The molecule has 1 rings (SSSR count). The van der Waals surface area contributed by atoms with E-state index in [4.69, 9.17) is 14.9 Å². The molecular weight excluding hydrogens is 328 g/mol. The zero-order valence-corrected chi connectivity index (χ0v) is 13.2. The number of nitrogens with one attached hydrogen (secondary N) is 2. The second kappa shape index (κ2) is 7.85. The molecule has 24 heavy (non-hydrogen) atoms.